The van der Waals surface area contributed by atoms with Crippen molar-refractivity contribution in [3.63, 3.8) is 0 Å². The molecule has 3 nitrogen and oxygen atoms in total. The molecule has 0 spiro atoms. The van der Waals surface area contributed by atoms with Gasteiger partial charge in [-0.3, -0.25) is 4.90 Å². The van der Waals surface area contributed by atoms with E-state index in [1.54, 1.807) is 0 Å². The van der Waals surface area contributed by atoms with Crippen LogP contribution in [0.4, 0.5) is 0 Å². The zero-order valence-corrected chi connectivity index (χ0v) is 9.66. The Labute approximate surface area is 87.5 Å². The summed E-state index contributed by atoms with van der Waals surface area (Å²) in [4.78, 5) is 2.33. The summed E-state index contributed by atoms with van der Waals surface area (Å²) in [6.07, 6.45) is 5.05. The summed E-state index contributed by atoms with van der Waals surface area (Å²) in [7, 11) is 4.18. The van der Waals surface area contributed by atoms with Crippen molar-refractivity contribution in [1.82, 2.24) is 10.2 Å². The second-order valence-corrected chi connectivity index (χ2v) is 4.49. The fourth-order valence-electron chi connectivity index (χ4n) is 2.26. The van der Waals surface area contributed by atoms with E-state index in [-0.39, 0.29) is 6.61 Å². The highest BCUT2D eigenvalue weighted by atomic mass is 16.3. The smallest absolute Gasteiger partial charge is 0.0584 e. The zero-order chi connectivity index (χ0) is 10.6. The topological polar surface area (TPSA) is 35.5 Å². The van der Waals surface area contributed by atoms with Crippen molar-refractivity contribution in [2.24, 2.45) is 0 Å². The number of nitrogens with one attached hydrogen (secondary N) is 1. The van der Waals surface area contributed by atoms with Crippen LogP contribution in [-0.4, -0.2) is 48.8 Å². The minimum Gasteiger partial charge on any atom is -0.395 e. The van der Waals surface area contributed by atoms with Crippen LogP contribution in [0.15, 0.2) is 0 Å². The molecule has 1 unspecified atom stereocenters. The Morgan fingerprint density at radius 2 is 1.93 bits per heavy atom. The predicted octanol–water partition coefficient (Wildman–Crippen LogP) is 0.830. The van der Waals surface area contributed by atoms with Gasteiger partial charge in [-0.1, -0.05) is 0 Å². The largest absolute Gasteiger partial charge is 0.395 e. The monoisotopic (exact) mass is 200 g/mol. The van der Waals surface area contributed by atoms with Crippen molar-refractivity contribution in [3.05, 3.63) is 0 Å². The highest BCUT2D eigenvalue weighted by Crippen LogP contribution is 2.23. The molecule has 0 heterocycles. The van der Waals surface area contributed by atoms with Gasteiger partial charge in [0, 0.05) is 18.1 Å². The Bertz CT molecular complexity index is 155. The van der Waals surface area contributed by atoms with E-state index < -0.39 is 0 Å². The van der Waals surface area contributed by atoms with E-state index in [1.807, 2.05) is 7.05 Å². The van der Waals surface area contributed by atoms with Crippen LogP contribution in [0.1, 0.15) is 32.6 Å². The van der Waals surface area contributed by atoms with Gasteiger partial charge < -0.3 is 10.4 Å². The van der Waals surface area contributed by atoms with Gasteiger partial charge in [-0.15, -0.1) is 0 Å². The number of hydrogen-bond acceptors (Lipinski definition) is 3. The standard InChI is InChI=1S/C11H24N2O/c1-9(8-14)13(3)11-6-4-10(12-2)5-7-11/h9-12,14H,4-8H2,1-3H3. The molecule has 0 radical (unpaired) electrons. The normalized spacial score (nSPS) is 30.6. The first-order chi connectivity index (χ1) is 6.69. The third-order valence-corrected chi connectivity index (χ3v) is 3.64. The van der Waals surface area contributed by atoms with Crippen molar-refractivity contribution in [2.45, 2.75) is 50.7 Å². The SMILES string of the molecule is CNC1CCC(N(C)C(C)CO)CC1. The van der Waals surface area contributed by atoms with Gasteiger partial charge >= 0.3 is 0 Å². The second kappa shape index (κ2) is 5.69. The number of hydrogen-bond donors (Lipinski definition) is 2. The first-order valence-electron chi connectivity index (χ1n) is 5.69. The summed E-state index contributed by atoms with van der Waals surface area (Å²) in [5.74, 6) is 0. The maximum Gasteiger partial charge on any atom is 0.0584 e. The molecule has 2 N–H and O–H groups in total. The van der Waals surface area contributed by atoms with Gasteiger partial charge in [-0.25, -0.2) is 0 Å². The van der Waals surface area contributed by atoms with Crippen molar-refractivity contribution in [3.8, 4) is 0 Å². The lowest BCUT2D eigenvalue weighted by Crippen LogP contribution is -2.44. The lowest BCUT2D eigenvalue weighted by atomic mass is 9.90. The van der Waals surface area contributed by atoms with Crippen LogP contribution in [0.2, 0.25) is 0 Å². The van der Waals surface area contributed by atoms with Gasteiger partial charge in [0.05, 0.1) is 6.61 Å². The quantitative estimate of drug-likeness (QED) is 0.705. The molecule has 0 aromatic carbocycles. The van der Waals surface area contributed by atoms with Crippen LogP contribution in [0.25, 0.3) is 0 Å². The molecule has 3 heteroatoms. The molecule has 0 aromatic heterocycles. The third-order valence-electron chi connectivity index (χ3n) is 3.64. The van der Waals surface area contributed by atoms with Crippen LogP contribution < -0.4 is 5.32 Å². The molecule has 0 saturated heterocycles. The average molecular weight is 200 g/mol. The zero-order valence-electron chi connectivity index (χ0n) is 9.66. The van der Waals surface area contributed by atoms with Crippen LogP contribution >= 0.6 is 0 Å². The van der Waals surface area contributed by atoms with Gasteiger partial charge in [0.1, 0.15) is 0 Å². The lowest BCUT2D eigenvalue weighted by molar-refractivity contribution is 0.0940. The summed E-state index contributed by atoms with van der Waals surface area (Å²) in [6.45, 7) is 2.35. The molecule has 1 saturated carbocycles. The number of aliphatic hydroxyl groups is 1. The highest BCUT2D eigenvalue weighted by Gasteiger charge is 2.25. The van der Waals surface area contributed by atoms with E-state index >= 15 is 0 Å². The lowest BCUT2D eigenvalue weighted by Gasteiger charge is -2.37. The Hall–Kier alpha value is -0.120. The summed E-state index contributed by atoms with van der Waals surface area (Å²) in [5, 5.41) is 12.4. The molecule has 0 aromatic rings. The minimum atomic E-state index is 0.266. The van der Waals surface area contributed by atoms with Crippen LogP contribution in [-0.2, 0) is 0 Å². The summed E-state index contributed by atoms with van der Waals surface area (Å²) in [5.41, 5.74) is 0. The summed E-state index contributed by atoms with van der Waals surface area (Å²) >= 11 is 0. The van der Waals surface area contributed by atoms with Gasteiger partial charge in [0.2, 0.25) is 0 Å². The summed E-state index contributed by atoms with van der Waals surface area (Å²) < 4.78 is 0. The maximum absolute atomic E-state index is 9.08. The van der Waals surface area contributed by atoms with Crippen LogP contribution in [0.5, 0.6) is 0 Å². The van der Waals surface area contributed by atoms with Crippen molar-refractivity contribution in [1.29, 1.82) is 0 Å². The fourth-order valence-corrected chi connectivity index (χ4v) is 2.26. The Balaban J connectivity index is 2.33. The molecule has 1 atom stereocenters. The van der Waals surface area contributed by atoms with Gasteiger partial charge in [0.25, 0.3) is 0 Å². The van der Waals surface area contributed by atoms with Crippen molar-refractivity contribution < 1.29 is 5.11 Å². The molecule has 1 fully saturated rings. The molecule has 1 aliphatic rings. The van der Waals surface area contributed by atoms with Crippen molar-refractivity contribution in [2.75, 3.05) is 20.7 Å². The second-order valence-electron chi connectivity index (χ2n) is 4.49. The molecular formula is C11H24N2O. The summed E-state index contributed by atoms with van der Waals surface area (Å²) in [6, 6.07) is 1.68. The number of aliphatic hydroxyl groups excluding tert-OH is 1. The number of rotatable bonds is 4. The Morgan fingerprint density at radius 1 is 1.36 bits per heavy atom. The fraction of sp³-hybridized carbons (Fsp3) is 1.00. The van der Waals surface area contributed by atoms with E-state index in [2.05, 4.69) is 24.2 Å². The van der Waals surface area contributed by atoms with E-state index in [0.717, 1.165) is 0 Å². The predicted molar refractivity (Wildman–Crippen MR) is 59.4 cm³/mol. The van der Waals surface area contributed by atoms with E-state index in [1.165, 1.54) is 25.7 Å². The molecule has 0 bridgehead atoms. The first-order valence-corrected chi connectivity index (χ1v) is 5.69. The molecular weight excluding hydrogens is 176 g/mol. The van der Waals surface area contributed by atoms with Crippen LogP contribution in [0.3, 0.4) is 0 Å². The molecule has 1 aliphatic carbocycles. The van der Waals surface area contributed by atoms with E-state index in [4.69, 9.17) is 5.11 Å². The van der Waals surface area contributed by atoms with Crippen molar-refractivity contribution >= 4 is 0 Å². The Morgan fingerprint density at radius 3 is 2.36 bits per heavy atom. The Kier molecular flexibility index (Phi) is 4.85. The van der Waals surface area contributed by atoms with Gasteiger partial charge in [0.15, 0.2) is 0 Å². The van der Waals surface area contributed by atoms with Crippen LogP contribution in [0, 0.1) is 0 Å². The third kappa shape index (κ3) is 2.94. The molecule has 0 amide bonds. The highest BCUT2D eigenvalue weighted by molar-refractivity contribution is 4.82. The van der Waals surface area contributed by atoms with Gasteiger partial charge in [-0.2, -0.15) is 0 Å². The average Bonchev–Trinajstić information content (AvgIpc) is 2.27. The van der Waals surface area contributed by atoms with Gasteiger partial charge in [-0.05, 0) is 46.7 Å². The molecule has 0 aliphatic heterocycles. The first kappa shape index (κ1) is 12.0. The molecule has 1 rings (SSSR count). The molecule has 14 heavy (non-hydrogen) atoms. The number of nitrogens with zero attached hydrogens (tertiary/aromatic N) is 1. The number of likely N-dealkylation sites (N-methyl/N-ethyl adjacent to an activating group) is 1. The maximum atomic E-state index is 9.08. The van der Waals surface area contributed by atoms with E-state index in [0.29, 0.717) is 18.1 Å². The molecule has 84 valence electrons. The minimum absolute atomic E-state index is 0.266. The van der Waals surface area contributed by atoms with E-state index in [9.17, 15) is 0 Å².